The number of hydrogen-bond acceptors (Lipinski definition) is 0. The molecule has 1 spiro atoms. The van der Waals surface area contributed by atoms with Crippen molar-refractivity contribution >= 4 is 11.6 Å². The number of benzene rings is 2. The van der Waals surface area contributed by atoms with Crippen molar-refractivity contribution in [1.29, 1.82) is 0 Å². The number of halogens is 1. The van der Waals surface area contributed by atoms with E-state index in [1.807, 2.05) is 0 Å². The minimum absolute atomic E-state index is 0.0366. The third kappa shape index (κ3) is 0.999. The van der Waals surface area contributed by atoms with Gasteiger partial charge in [-0.1, -0.05) is 54.6 Å². The molecule has 0 saturated carbocycles. The average Bonchev–Trinajstić information content (AvgIpc) is 3.07. The maximum absolute atomic E-state index is 6.03. The summed E-state index contributed by atoms with van der Waals surface area (Å²) in [6.07, 6.45) is 2.31. The molecule has 0 fully saturated rings. The van der Waals surface area contributed by atoms with Crippen LogP contribution in [0.3, 0.4) is 0 Å². The molecule has 2 aliphatic carbocycles. The fourth-order valence-electron chi connectivity index (χ4n) is 3.14. The van der Waals surface area contributed by atoms with Crippen LogP contribution in [-0.4, -0.2) is 5.88 Å². The van der Waals surface area contributed by atoms with Gasteiger partial charge in [0.2, 0.25) is 0 Å². The van der Waals surface area contributed by atoms with E-state index < -0.39 is 0 Å². The molecule has 0 saturated heterocycles. The monoisotopic (exact) mass is 238 g/mol. The molecule has 1 heteroatoms. The predicted molar refractivity (Wildman–Crippen MR) is 71.5 cm³/mol. The highest BCUT2D eigenvalue weighted by molar-refractivity contribution is 6.20. The van der Waals surface area contributed by atoms with Crippen LogP contribution in [0.5, 0.6) is 0 Å². The first-order valence-corrected chi connectivity index (χ1v) is 6.39. The zero-order valence-corrected chi connectivity index (χ0v) is 10.0. The van der Waals surface area contributed by atoms with E-state index in [0.29, 0.717) is 5.88 Å². The smallest absolute Gasteiger partial charge is 0.0619 e. The Balaban J connectivity index is 2.05. The van der Waals surface area contributed by atoms with Gasteiger partial charge in [-0.05, 0) is 27.8 Å². The normalized spacial score (nSPS) is 17.6. The molecule has 0 unspecified atom stereocenters. The molecule has 17 heavy (non-hydrogen) atoms. The van der Waals surface area contributed by atoms with Crippen LogP contribution < -0.4 is 0 Å². The quantitative estimate of drug-likeness (QED) is 0.518. The SMILES string of the molecule is ClCC1=CC12c1ccccc1-c1ccccc12. The predicted octanol–water partition coefficient (Wildman–Crippen LogP) is 4.13. The van der Waals surface area contributed by atoms with Crippen LogP contribution in [0.25, 0.3) is 11.1 Å². The van der Waals surface area contributed by atoms with Gasteiger partial charge >= 0.3 is 0 Å². The van der Waals surface area contributed by atoms with Crippen molar-refractivity contribution in [3.8, 4) is 11.1 Å². The van der Waals surface area contributed by atoms with Crippen LogP contribution in [0, 0.1) is 0 Å². The second-order valence-electron chi connectivity index (χ2n) is 4.70. The van der Waals surface area contributed by atoms with Crippen molar-refractivity contribution in [2.75, 3.05) is 5.88 Å². The Morgan fingerprint density at radius 3 is 1.82 bits per heavy atom. The molecular formula is C16H11Cl. The van der Waals surface area contributed by atoms with Gasteiger partial charge in [0.15, 0.2) is 0 Å². The van der Waals surface area contributed by atoms with Gasteiger partial charge in [0.1, 0.15) is 0 Å². The summed E-state index contributed by atoms with van der Waals surface area (Å²) in [5, 5.41) is 0. The first-order chi connectivity index (χ1) is 8.38. The molecule has 0 N–H and O–H groups in total. The van der Waals surface area contributed by atoms with Crippen LogP contribution in [0.1, 0.15) is 11.1 Å². The number of allylic oxidation sites excluding steroid dienone is 2. The molecule has 0 nitrogen and oxygen atoms in total. The highest BCUT2D eigenvalue weighted by Crippen LogP contribution is 2.61. The molecular weight excluding hydrogens is 228 g/mol. The van der Waals surface area contributed by atoms with Gasteiger partial charge in [0.05, 0.1) is 5.41 Å². The molecule has 0 radical (unpaired) electrons. The maximum atomic E-state index is 6.03. The second kappa shape index (κ2) is 3.02. The molecule has 0 aromatic heterocycles. The van der Waals surface area contributed by atoms with E-state index in [9.17, 15) is 0 Å². The Morgan fingerprint density at radius 2 is 1.35 bits per heavy atom. The Morgan fingerprint density at radius 1 is 0.824 bits per heavy atom. The van der Waals surface area contributed by atoms with Gasteiger partial charge < -0.3 is 0 Å². The van der Waals surface area contributed by atoms with Crippen molar-refractivity contribution in [1.82, 2.24) is 0 Å². The topological polar surface area (TPSA) is 0 Å². The highest BCUT2D eigenvalue weighted by atomic mass is 35.5. The summed E-state index contributed by atoms with van der Waals surface area (Å²) >= 11 is 6.03. The Kier molecular flexibility index (Phi) is 1.69. The van der Waals surface area contributed by atoms with Crippen molar-refractivity contribution in [3.05, 3.63) is 71.3 Å². The number of rotatable bonds is 1. The average molecular weight is 239 g/mol. The lowest BCUT2D eigenvalue weighted by molar-refractivity contribution is 0.929. The molecule has 2 aliphatic rings. The fourth-order valence-corrected chi connectivity index (χ4v) is 3.43. The zero-order chi connectivity index (χ0) is 11.5. The first-order valence-electron chi connectivity index (χ1n) is 5.85. The molecule has 82 valence electrons. The Bertz CT molecular complexity index is 607. The van der Waals surface area contributed by atoms with Crippen LogP contribution in [0.2, 0.25) is 0 Å². The lowest BCUT2D eigenvalue weighted by Gasteiger charge is -2.14. The number of alkyl halides is 1. The molecule has 0 amide bonds. The minimum atomic E-state index is 0.0366. The number of hydrogen-bond donors (Lipinski definition) is 0. The molecule has 2 aromatic rings. The third-order valence-corrected chi connectivity index (χ3v) is 4.24. The lowest BCUT2D eigenvalue weighted by atomic mass is 9.88. The summed E-state index contributed by atoms with van der Waals surface area (Å²) in [6.45, 7) is 0. The molecule has 0 bridgehead atoms. The summed E-state index contributed by atoms with van der Waals surface area (Å²) in [5.74, 6) is 0.628. The van der Waals surface area contributed by atoms with Gasteiger partial charge in [-0.2, -0.15) is 0 Å². The van der Waals surface area contributed by atoms with E-state index in [1.54, 1.807) is 0 Å². The Hall–Kier alpha value is -1.53. The van der Waals surface area contributed by atoms with E-state index in [2.05, 4.69) is 54.6 Å². The molecule has 0 atom stereocenters. The summed E-state index contributed by atoms with van der Waals surface area (Å²) in [5.41, 5.74) is 6.90. The number of fused-ring (bicyclic) bond motifs is 5. The van der Waals surface area contributed by atoms with Gasteiger partial charge in [-0.15, -0.1) is 11.6 Å². The zero-order valence-electron chi connectivity index (χ0n) is 9.28. The van der Waals surface area contributed by atoms with Gasteiger partial charge in [0.25, 0.3) is 0 Å². The minimum Gasteiger partial charge on any atom is -0.122 e. The Labute approximate surface area is 106 Å². The van der Waals surface area contributed by atoms with E-state index in [4.69, 9.17) is 11.6 Å². The van der Waals surface area contributed by atoms with Crippen molar-refractivity contribution in [3.63, 3.8) is 0 Å². The summed E-state index contributed by atoms with van der Waals surface area (Å²) in [6, 6.07) is 17.3. The van der Waals surface area contributed by atoms with E-state index in [1.165, 1.54) is 27.8 Å². The van der Waals surface area contributed by atoms with Crippen LogP contribution in [-0.2, 0) is 5.41 Å². The van der Waals surface area contributed by atoms with Crippen molar-refractivity contribution in [2.45, 2.75) is 5.41 Å². The highest BCUT2D eigenvalue weighted by Gasteiger charge is 2.52. The summed E-state index contributed by atoms with van der Waals surface area (Å²) in [4.78, 5) is 0. The second-order valence-corrected chi connectivity index (χ2v) is 4.97. The maximum Gasteiger partial charge on any atom is 0.0619 e. The largest absolute Gasteiger partial charge is 0.122 e. The fraction of sp³-hybridized carbons (Fsp3) is 0.125. The third-order valence-electron chi connectivity index (χ3n) is 3.95. The summed E-state index contributed by atoms with van der Waals surface area (Å²) in [7, 11) is 0. The van der Waals surface area contributed by atoms with Crippen LogP contribution in [0.15, 0.2) is 60.2 Å². The molecule has 0 heterocycles. The van der Waals surface area contributed by atoms with Crippen molar-refractivity contribution in [2.24, 2.45) is 0 Å². The lowest BCUT2D eigenvalue weighted by Crippen LogP contribution is -2.09. The van der Waals surface area contributed by atoms with Crippen LogP contribution >= 0.6 is 11.6 Å². The molecule has 2 aromatic carbocycles. The van der Waals surface area contributed by atoms with Gasteiger partial charge in [0, 0.05) is 5.88 Å². The molecule has 4 rings (SSSR count). The van der Waals surface area contributed by atoms with E-state index in [-0.39, 0.29) is 5.41 Å². The first kappa shape index (κ1) is 9.49. The summed E-state index contributed by atoms with van der Waals surface area (Å²) < 4.78 is 0. The van der Waals surface area contributed by atoms with Crippen molar-refractivity contribution < 1.29 is 0 Å². The van der Waals surface area contributed by atoms with E-state index in [0.717, 1.165) is 0 Å². The molecule has 0 aliphatic heterocycles. The van der Waals surface area contributed by atoms with Gasteiger partial charge in [-0.3, -0.25) is 0 Å². The van der Waals surface area contributed by atoms with Gasteiger partial charge in [-0.25, -0.2) is 0 Å². The standard InChI is InChI=1S/C16H11Cl/c17-10-11-9-16(11)14-7-3-1-5-12(14)13-6-2-4-8-15(13)16/h1-9H,10H2. The van der Waals surface area contributed by atoms with Crippen LogP contribution in [0.4, 0.5) is 0 Å². The van der Waals surface area contributed by atoms with E-state index >= 15 is 0 Å².